The van der Waals surface area contributed by atoms with Crippen molar-refractivity contribution in [1.82, 2.24) is 44.9 Å². The number of fused-ring (bicyclic) bond motifs is 2. The van der Waals surface area contributed by atoms with Crippen LogP contribution in [0.3, 0.4) is 0 Å². The van der Waals surface area contributed by atoms with E-state index in [0.29, 0.717) is 65.3 Å². The summed E-state index contributed by atoms with van der Waals surface area (Å²) in [6.07, 6.45) is 8.64. The molecule has 3 aromatic heterocycles. The van der Waals surface area contributed by atoms with Gasteiger partial charge in [-0.1, -0.05) is 11.6 Å². The van der Waals surface area contributed by atoms with Crippen LogP contribution in [0, 0.1) is 17.2 Å². The number of piperidine rings is 2. The third-order valence-electron chi connectivity index (χ3n) is 15.0. The van der Waals surface area contributed by atoms with Crippen LogP contribution in [0.25, 0.3) is 11.3 Å². The Kier molecular flexibility index (Phi) is 13.6. The van der Waals surface area contributed by atoms with E-state index in [2.05, 4.69) is 46.1 Å². The Morgan fingerprint density at radius 3 is 2.39 bits per heavy atom. The molecule has 3 fully saturated rings. The number of hydrogen-bond donors (Lipinski definition) is 1. The highest BCUT2D eigenvalue weighted by atomic mass is 35.5. The van der Waals surface area contributed by atoms with Gasteiger partial charge in [-0.2, -0.15) is 15.5 Å². The molecule has 0 atom stereocenters. The van der Waals surface area contributed by atoms with Crippen molar-refractivity contribution in [2.24, 2.45) is 13.0 Å². The molecule has 15 nitrogen and oxygen atoms in total. The summed E-state index contributed by atoms with van der Waals surface area (Å²) < 4.78 is 39.5. The number of rotatable bonds is 11. The summed E-state index contributed by atoms with van der Waals surface area (Å²) in [4.78, 5) is 34.7. The number of halogens is 3. The highest BCUT2D eigenvalue weighted by molar-refractivity contribution is 6.31. The Morgan fingerprint density at radius 1 is 0.913 bits per heavy atom. The molecule has 2 aromatic carbocycles. The number of anilines is 3. The summed E-state index contributed by atoms with van der Waals surface area (Å²) in [6, 6.07) is 16.4. The van der Waals surface area contributed by atoms with Crippen molar-refractivity contribution >= 4 is 40.7 Å². The summed E-state index contributed by atoms with van der Waals surface area (Å²) in [5.74, 6) is 2.58. The third kappa shape index (κ3) is 10.0. The lowest BCUT2D eigenvalue weighted by Crippen LogP contribution is -2.42. The van der Waals surface area contributed by atoms with Crippen LogP contribution >= 0.6 is 11.6 Å². The van der Waals surface area contributed by atoms with Crippen LogP contribution in [0.1, 0.15) is 116 Å². The van der Waals surface area contributed by atoms with Gasteiger partial charge in [-0.3, -0.25) is 19.0 Å². The number of aryl methyl sites for hydroxylation is 2. The summed E-state index contributed by atoms with van der Waals surface area (Å²) >= 11 is 6.18. The Bertz CT molecular complexity index is 2710. The molecule has 0 spiro atoms. The highest BCUT2D eigenvalue weighted by Crippen LogP contribution is 2.44. The zero-order chi connectivity index (χ0) is 47.8. The Hall–Kier alpha value is -6.12. The average Bonchev–Trinajstić information content (AvgIpc) is 3.98. The van der Waals surface area contributed by atoms with Crippen molar-refractivity contribution in [3.05, 3.63) is 93.4 Å². The molecule has 2 amide bonds. The number of nitrogens with zero attached hydrogens (tertiary/aromatic N) is 11. The normalized spacial score (nSPS) is 20.4. The van der Waals surface area contributed by atoms with E-state index in [-0.39, 0.29) is 35.6 Å². The van der Waals surface area contributed by atoms with Crippen molar-refractivity contribution in [3.8, 4) is 23.1 Å². The van der Waals surface area contributed by atoms with E-state index in [0.717, 1.165) is 131 Å². The van der Waals surface area contributed by atoms with Crippen LogP contribution in [-0.2, 0) is 31.2 Å². The molecule has 1 N–H and O–H groups in total. The van der Waals surface area contributed by atoms with E-state index >= 15 is 0 Å². The van der Waals surface area contributed by atoms with Gasteiger partial charge in [0.15, 0.2) is 17.3 Å². The van der Waals surface area contributed by atoms with Crippen LogP contribution in [0.5, 0.6) is 5.75 Å². The number of hydrogen-bond acceptors (Lipinski definition) is 11. The summed E-state index contributed by atoms with van der Waals surface area (Å²) in [5, 5.41) is 31.3. The smallest absolute Gasteiger partial charge is 0.272 e. The van der Waals surface area contributed by atoms with E-state index in [1.807, 2.05) is 17.0 Å². The predicted octanol–water partition coefficient (Wildman–Crippen LogP) is 8.20. The topological polar surface area (TPSA) is 154 Å². The number of nitriles is 1. The number of amides is 2. The molecule has 7 heterocycles. The molecule has 0 unspecified atom stereocenters. The molecule has 0 radical (unpaired) electrons. The molecule has 18 heteroatoms. The Balaban J connectivity index is 0.724. The predicted molar refractivity (Wildman–Crippen MR) is 258 cm³/mol. The number of ether oxygens (including phenoxy) is 1. The van der Waals surface area contributed by atoms with Gasteiger partial charge in [-0.15, -0.1) is 10.2 Å². The molecule has 69 heavy (non-hydrogen) atoms. The van der Waals surface area contributed by atoms with Gasteiger partial charge >= 0.3 is 0 Å². The fraction of sp³-hybridized carbons (Fsp3) is 0.510. The molecule has 2 saturated heterocycles. The Labute approximate surface area is 406 Å². The zero-order valence-electron chi connectivity index (χ0n) is 39.3. The number of carbonyl (C=O) groups is 2. The molecule has 362 valence electrons. The molecule has 1 saturated carbocycles. The van der Waals surface area contributed by atoms with Gasteiger partial charge < -0.3 is 29.7 Å². The first-order chi connectivity index (χ1) is 33.5. The van der Waals surface area contributed by atoms with Gasteiger partial charge in [0, 0.05) is 113 Å². The molecule has 5 aliphatic rings. The quantitative estimate of drug-likeness (QED) is 0.136. The van der Waals surface area contributed by atoms with Crippen molar-refractivity contribution < 1.29 is 23.1 Å². The Morgan fingerprint density at radius 2 is 1.71 bits per heavy atom. The lowest BCUT2D eigenvalue weighted by atomic mass is 9.92. The first-order valence-corrected chi connectivity index (χ1v) is 24.9. The van der Waals surface area contributed by atoms with Crippen LogP contribution in [0.4, 0.5) is 26.1 Å². The fourth-order valence-corrected chi connectivity index (χ4v) is 11.4. The minimum Gasteiger partial charge on any atom is -0.490 e. The van der Waals surface area contributed by atoms with E-state index in [1.54, 1.807) is 61.2 Å². The second-order valence-corrected chi connectivity index (χ2v) is 19.8. The van der Waals surface area contributed by atoms with E-state index in [4.69, 9.17) is 26.7 Å². The minimum atomic E-state index is -2.67. The number of aromatic nitrogens is 6. The number of nitrogens with one attached hydrogen (secondary N) is 1. The van der Waals surface area contributed by atoms with E-state index in [1.165, 1.54) is 0 Å². The summed E-state index contributed by atoms with van der Waals surface area (Å²) in [5.41, 5.74) is 5.66. The van der Waals surface area contributed by atoms with Crippen molar-refractivity contribution in [2.75, 3.05) is 55.6 Å². The third-order valence-corrected chi connectivity index (χ3v) is 15.3. The van der Waals surface area contributed by atoms with Crippen molar-refractivity contribution in [1.29, 1.82) is 5.26 Å². The van der Waals surface area contributed by atoms with Gasteiger partial charge in [-0.25, -0.2) is 8.78 Å². The monoisotopic (exact) mass is 960 g/mol. The molecule has 10 rings (SSSR count). The number of carbonyl (C=O) groups excluding carboxylic acids is 2. The molecule has 5 aromatic rings. The first kappa shape index (κ1) is 46.6. The lowest BCUT2D eigenvalue weighted by Gasteiger charge is -2.38. The molecule has 0 bridgehead atoms. The zero-order valence-corrected chi connectivity index (χ0v) is 40.1. The summed E-state index contributed by atoms with van der Waals surface area (Å²) in [7, 11) is 1.79. The maximum absolute atomic E-state index is 14.8. The van der Waals surface area contributed by atoms with E-state index in [9.17, 15) is 18.4 Å². The van der Waals surface area contributed by atoms with Gasteiger partial charge in [0.1, 0.15) is 11.8 Å². The van der Waals surface area contributed by atoms with Crippen LogP contribution in [-0.4, -0.2) is 109 Å². The van der Waals surface area contributed by atoms with Crippen LogP contribution < -0.4 is 19.9 Å². The van der Waals surface area contributed by atoms with E-state index < -0.39 is 6.43 Å². The number of likely N-dealkylation sites (tertiary alicyclic amines) is 1. The van der Waals surface area contributed by atoms with Crippen LogP contribution in [0.15, 0.2) is 54.7 Å². The number of benzene rings is 2. The number of alkyl halides is 2. The van der Waals surface area contributed by atoms with Gasteiger partial charge in [0.2, 0.25) is 5.91 Å². The van der Waals surface area contributed by atoms with Crippen molar-refractivity contribution in [2.45, 2.75) is 109 Å². The minimum absolute atomic E-state index is 0.0173. The van der Waals surface area contributed by atoms with Gasteiger partial charge in [-0.05, 0) is 118 Å². The standard InChI is InChI=1S/C51H59ClF2N12O3/c1-32(67)64-25-18-46-42(31-64)50(65-19-3-4-34-26-40(44-17-20-61(2)59-44)41(49(53)54)28-47(34)65)60-66(46)37-15-21-62(22-16-37)30-33-13-23-63(24-14-33)48-12-11-45(57-58-48)51(68)56-36-6-9-38(10-7-36)69-39-8-5-35(29-55)43(52)27-39/h5,8,11-12,17,20,26-28,33,36-38,49H,3-4,6-7,9-10,13-16,18-19,21-25,30-31H2,1-2H3,(H,56,68). The first-order valence-electron chi connectivity index (χ1n) is 24.5. The highest BCUT2D eigenvalue weighted by Gasteiger charge is 2.36. The molecule has 1 aliphatic carbocycles. The van der Waals surface area contributed by atoms with Crippen LogP contribution in [0.2, 0.25) is 5.02 Å². The maximum Gasteiger partial charge on any atom is 0.272 e. The lowest BCUT2D eigenvalue weighted by molar-refractivity contribution is -0.129. The summed E-state index contributed by atoms with van der Waals surface area (Å²) in [6.45, 7) is 8.09. The molecular formula is C51H59ClF2N12O3. The largest absolute Gasteiger partial charge is 0.490 e. The molecular weight excluding hydrogens is 902 g/mol. The second-order valence-electron chi connectivity index (χ2n) is 19.4. The van der Waals surface area contributed by atoms with Crippen molar-refractivity contribution in [3.63, 3.8) is 0 Å². The average molecular weight is 962 g/mol. The SMILES string of the molecule is CC(=O)N1CCc2c(c(N3CCCc4cc(-c5ccn(C)n5)c(C(F)F)cc43)nn2C2CCN(CC3CCN(c4ccc(C(=O)NC5CCC(Oc6ccc(C#N)c(Cl)c6)CC5)nn4)CC3)CC2)C1. The van der Waals surface area contributed by atoms with Gasteiger partial charge in [0.05, 0.1) is 35.0 Å². The second kappa shape index (κ2) is 20.1. The van der Waals surface area contributed by atoms with Gasteiger partial charge in [0.25, 0.3) is 12.3 Å². The molecule has 4 aliphatic heterocycles. The maximum atomic E-state index is 14.8. The fourth-order valence-electron chi connectivity index (χ4n) is 11.2.